The maximum atomic E-state index is 13.0. The smallest absolute Gasteiger partial charge is 0.240 e. The first kappa shape index (κ1) is 21.6. The molecule has 160 valence electrons. The Morgan fingerprint density at radius 3 is 2.13 bits per heavy atom. The first-order valence-electron chi connectivity index (χ1n) is 10.2. The SMILES string of the molecule is O=C(NCc1ccc(S(=O)(=O)NC2CC2)cc1)C(Sc1ccccc1)c1ccccc1. The second-order valence-electron chi connectivity index (χ2n) is 7.48. The minimum absolute atomic E-state index is 0.0704. The molecule has 31 heavy (non-hydrogen) atoms. The molecule has 0 radical (unpaired) electrons. The quantitative estimate of drug-likeness (QED) is 0.475. The average molecular weight is 453 g/mol. The Hall–Kier alpha value is -2.61. The van der Waals surface area contributed by atoms with Crippen LogP contribution in [-0.4, -0.2) is 20.4 Å². The van der Waals surface area contributed by atoms with E-state index in [0.29, 0.717) is 6.54 Å². The first-order valence-corrected chi connectivity index (χ1v) is 12.5. The second kappa shape index (κ2) is 9.68. The van der Waals surface area contributed by atoms with E-state index in [-0.39, 0.29) is 22.1 Å². The average Bonchev–Trinajstić information content (AvgIpc) is 3.61. The van der Waals surface area contributed by atoms with Gasteiger partial charge in [-0.1, -0.05) is 60.7 Å². The first-order chi connectivity index (χ1) is 15.0. The van der Waals surface area contributed by atoms with Crippen LogP contribution < -0.4 is 10.0 Å². The molecule has 0 saturated heterocycles. The molecule has 5 nitrogen and oxygen atoms in total. The van der Waals surface area contributed by atoms with Gasteiger partial charge in [0.05, 0.1) is 4.90 Å². The predicted octanol–water partition coefficient (Wildman–Crippen LogP) is 4.28. The summed E-state index contributed by atoms with van der Waals surface area (Å²) < 4.78 is 27.3. The molecule has 1 amide bonds. The summed E-state index contributed by atoms with van der Waals surface area (Å²) in [6.07, 6.45) is 1.79. The van der Waals surface area contributed by atoms with E-state index >= 15 is 0 Å². The zero-order chi connectivity index (χ0) is 21.7. The van der Waals surface area contributed by atoms with Gasteiger partial charge in [-0.3, -0.25) is 4.79 Å². The van der Waals surface area contributed by atoms with Crippen LogP contribution in [0.4, 0.5) is 0 Å². The van der Waals surface area contributed by atoms with Crippen molar-refractivity contribution < 1.29 is 13.2 Å². The molecule has 3 aromatic rings. The highest BCUT2D eigenvalue weighted by Gasteiger charge is 2.28. The Morgan fingerprint density at radius 2 is 1.52 bits per heavy atom. The van der Waals surface area contributed by atoms with Crippen LogP contribution >= 0.6 is 11.8 Å². The van der Waals surface area contributed by atoms with Crippen LogP contribution in [0.3, 0.4) is 0 Å². The van der Waals surface area contributed by atoms with Crippen LogP contribution in [-0.2, 0) is 21.4 Å². The van der Waals surface area contributed by atoms with Crippen LogP contribution in [0.5, 0.6) is 0 Å². The fourth-order valence-corrected chi connectivity index (χ4v) is 5.47. The highest BCUT2D eigenvalue weighted by molar-refractivity contribution is 8.00. The molecule has 1 aliphatic carbocycles. The molecule has 1 atom stereocenters. The number of carbonyl (C=O) groups excluding carboxylic acids is 1. The van der Waals surface area contributed by atoms with Gasteiger partial charge in [0.15, 0.2) is 0 Å². The van der Waals surface area contributed by atoms with Crippen molar-refractivity contribution in [2.24, 2.45) is 0 Å². The highest BCUT2D eigenvalue weighted by Crippen LogP contribution is 2.35. The number of carbonyl (C=O) groups is 1. The van der Waals surface area contributed by atoms with E-state index in [9.17, 15) is 13.2 Å². The Morgan fingerprint density at radius 1 is 0.903 bits per heavy atom. The van der Waals surface area contributed by atoms with E-state index in [1.54, 1.807) is 24.3 Å². The van der Waals surface area contributed by atoms with Gasteiger partial charge in [-0.05, 0) is 48.2 Å². The molecule has 0 spiro atoms. The fraction of sp³-hybridized carbons (Fsp3) is 0.208. The Kier molecular flexibility index (Phi) is 6.75. The molecule has 4 rings (SSSR count). The lowest BCUT2D eigenvalue weighted by molar-refractivity contribution is -0.120. The Balaban J connectivity index is 1.42. The van der Waals surface area contributed by atoms with Gasteiger partial charge in [-0.15, -0.1) is 11.8 Å². The van der Waals surface area contributed by atoms with Crippen LogP contribution in [0.15, 0.2) is 94.7 Å². The van der Waals surface area contributed by atoms with Gasteiger partial charge in [0.2, 0.25) is 15.9 Å². The monoisotopic (exact) mass is 452 g/mol. The molecule has 0 heterocycles. The van der Waals surface area contributed by atoms with E-state index < -0.39 is 10.0 Å². The van der Waals surface area contributed by atoms with Crippen molar-refractivity contribution in [2.75, 3.05) is 0 Å². The third kappa shape index (κ3) is 5.97. The molecule has 2 N–H and O–H groups in total. The number of benzene rings is 3. The van der Waals surface area contributed by atoms with Crippen molar-refractivity contribution in [1.29, 1.82) is 0 Å². The molecule has 0 bridgehead atoms. The molecular formula is C24H24N2O3S2. The highest BCUT2D eigenvalue weighted by atomic mass is 32.2. The summed E-state index contributed by atoms with van der Waals surface area (Å²) in [6, 6.07) is 26.2. The number of amides is 1. The van der Waals surface area contributed by atoms with Gasteiger partial charge in [0.25, 0.3) is 0 Å². The molecule has 1 fully saturated rings. The topological polar surface area (TPSA) is 75.3 Å². The molecular weight excluding hydrogens is 428 g/mol. The van der Waals surface area contributed by atoms with E-state index in [4.69, 9.17) is 0 Å². The number of hydrogen-bond donors (Lipinski definition) is 2. The van der Waals surface area contributed by atoms with Crippen molar-refractivity contribution in [3.63, 3.8) is 0 Å². The summed E-state index contributed by atoms with van der Waals surface area (Å²) in [5.74, 6) is -0.0906. The van der Waals surface area contributed by atoms with Gasteiger partial charge in [0, 0.05) is 17.5 Å². The van der Waals surface area contributed by atoms with Crippen LogP contribution in [0.25, 0.3) is 0 Å². The van der Waals surface area contributed by atoms with Gasteiger partial charge >= 0.3 is 0 Å². The van der Waals surface area contributed by atoms with Crippen molar-refractivity contribution in [1.82, 2.24) is 10.0 Å². The minimum atomic E-state index is -3.47. The summed E-state index contributed by atoms with van der Waals surface area (Å²) in [4.78, 5) is 14.3. The maximum absolute atomic E-state index is 13.0. The number of thioether (sulfide) groups is 1. The third-order valence-corrected chi connectivity index (χ3v) is 7.74. The Bertz CT molecular complexity index is 1110. The fourth-order valence-electron chi connectivity index (χ4n) is 3.09. The minimum Gasteiger partial charge on any atom is -0.351 e. The molecule has 0 aromatic heterocycles. The largest absolute Gasteiger partial charge is 0.351 e. The maximum Gasteiger partial charge on any atom is 0.240 e. The number of sulfonamides is 1. The number of rotatable bonds is 9. The Labute approximate surface area is 187 Å². The summed E-state index contributed by atoms with van der Waals surface area (Å²) in [5.41, 5.74) is 1.77. The van der Waals surface area contributed by atoms with Crippen molar-refractivity contribution in [3.8, 4) is 0 Å². The molecule has 7 heteroatoms. The third-order valence-electron chi connectivity index (χ3n) is 4.94. The van der Waals surface area contributed by atoms with Crippen LogP contribution in [0.2, 0.25) is 0 Å². The van der Waals surface area contributed by atoms with E-state index in [0.717, 1.165) is 28.9 Å². The lowest BCUT2D eigenvalue weighted by Gasteiger charge is -2.17. The van der Waals surface area contributed by atoms with Gasteiger partial charge in [-0.2, -0.15) is 0 Å². The summed E-state index contributed by atoms with van der Waals surface area (Å²) >= 11 is 1.50. The number of hydrogen-bond acceptors (Lipinski definition) is 4. The molecule has 0 aliphatic heterocycles. The molecule has 3 aromatic carbocycles. The predicted molar refractivity (Wildman–Crippen MR) is 123 cm³/mol. The molecule has 1 aliphatic rings. The van der Waals surface area contributed by atoms with Gasteiger partial charge in [0.1, 0.15) is 5.25 Å². The summed E-state index contributed by atoms with van der Waals surface area (Å²) in [5, 5.41) is 2.61. The second-order valence-corrected chi connectivity index (χ2v) is 10.4. The van der Waals surface area contributed by atoms with Crippen molar-refractivity contribution in [2.45, 2.75) is 40.5 Å². The van der Waals surface area contributed by atoms with Crippen molar-refractivity contribution >= 4 is 27.7 Å². The van der Waals surface area contributed by atoms with Gasteiger partial charge < -0.3 is 5.32 Å². The van der Waals surface area contributed by atoms with E-state index in [1.807, 2.05) is 60.7 Å². The van der Waals surface area contributed by atoms with E-state index in [1.165, 1.54) is 11.8 Å². The lowest BCUT2D eigenvalue weighted by atomic mass is 10.1. The van der Waals surface area contributed by atoms with Crippen LogP contribution in [0, 0.1) is 0 Å². The molecule has 1 saturated carbocycles. The van der Waals surface area contributed by atoms with Crippen LogP contribution in [0.1, 0.15) is 29.2 Å². The zero-order valence-corrected chi connectivity index (χ0v) is 18.5. The standard InChI is InChI=1S/C24H24N2O3S2/c27-24(23(19-7-3-1-4-8-19)30-21-9-5-2-6-10-21)25-17-18-11-15-22(16-12-18)31(28,29)26-20-13-14-20/h1-12,15-16,20,23,26H,13-14,17H2,(H,25,27). The molecule has 1 unspecified atom stereocenters. The normalized spacial score (nSPS) is 14.7. The van der Waals surface area contributed by atoms with Crippen molar-refractivity contribution in [3.05, 3.63) is 96.1 Å². The zero-order valence-electron chi connectivity index (χ0n) is 16.9. The lowest BCUT2D eigenvalue weighted by Crippen LogP contribution is -2.28. The van der Waals surface area contributed by atoms with E-state index in [2.05, 4.69) is 10.0 Å². The van der Waals surface area contributed by atoms with Gasteiger partial charge in [-0.25, -0.2) is 13.1 Å². The number of nitrogens with one attached hydrogen (secondary N) is 2. The summed E-state index contributed by atoms with van der Waals surface area (Å²) in [7, 11) is -3.47. The summed E-state index contributed by atoms with van der Waals surface area (Å²) in [6.45, 7) is 0.327.